The van der Waals surface area contributed by atoms with Crippen LogP contribution in [0.15, 0.2) is 42.0 Å². The van der Waals surface area contributed by atoms with Gasteiger partial charge in [0, 0.05) is 30.2 Å². The van der Waals surface area contributed by atoms with E-state index in [0.717, 1.165) is 29.2 Å². The van der Waals surface area contributed by atoms with E-state index in [1.54, 1.807) is 17.4 Å². The summed E-state index contributed by atoms with van der Waals surface area (Å²) in [5, 5.41) is 5.45. The van der Waals surface area contributed by atoms with Gasteiger partial charge in [-0.3, -0.25) is 4.40 Å². The summed E-state index contributed by atoms with van der Waals surface area (Å²) in [5.74, 6) is -0.133. The molecule has 21 heavy (non-hydrogen) atoms. The molecule has 1 atom stereocenters. The second-order valence-corrected chi connectivity index (χ2v) is 5.95. The summed E-state index contributed by atoms with van der Waals surface area (Å²) in [5.41, 5.74) is 1.80. The average Bonchev–Trinajstić information content (AvgIpc) is 3.02. The van der Waals surface area contributed by atoms with Crippen LogP contribution in [0.25, 0.3) is 4.96 Å². The molecule has 5 heteroatoms. The van der Waals surface area contributed by atoms with Crippen LogP contribution in [-0.4, -0.2) is 22.0 Å². The van der Waals surface area contributed by atoms with Gasteiger partial charge < -0.3 is 5.32 Å². The Morgan fingerprint density at radius 2 is 2.19 bits per heavy atom. The van der Waals surface area contributed by atoms with E-state index in [-0.39, 0.29) is 11.9 Å². The number of nitrogens with one attached hydrogen (secondary N) is 1. The van der Waals surface area contributed by atoms with Gasteiger partial charge in [-0.05, 0) is 24.6 Å². The fourth-order valence-corrected chi connectivity index (χ4v) is 3.28. The van der Waals surface area contributed by atoms with Crippen molar-refractivity contribution in [2.75, 3.05) is 6.54 Å². The van der Waals surface area contributed by atoms with Crippen molar-refractivity contribution in [1.29, 1.82) is 0 Å². The van der Waals surface area contributed by atoms with E-state index in [2.05, 4.69) is 23.4 Å². The Balaban J connectivity index is 1.75. The molecule has 0 saturated carbocycles. The molecule has 110 valence electrons. The first-order chi connectivity index (χ1) is 10.3. The third kappa shape index (κ3) is 3.31. The van der Waals surface area contributed by atoms with E-state index < -0.39 is 0 Å². The summed E-state index contributed by atoms with van der Waals surface area (Å²) < 4.78 is 15.8. The second-order valence-electron chi connectivity index (χ2n) is 5.08. The van der Waals surface area contributed by atoms with Crippen LogP contribution in [0, 0.1) is 5.82 Å². The van der Waals surface area contributed by atoms with Gasteiger partial charge in [0.1, 0.15) is 5.82 Å². The summed E-state index contributed by atoms with van der Waals surface area (Å²) in [6, 6.07) is 7.17. The summed E-state index contributed by atoms with van der Waals surface area (Å²) >= 11 is 1.63. The maximum absolute atomic E-state index is 13.8. The highest BCUT2D eigenvalue weighted by Crippen LogP contribution is 2.15. The summed E-state index contributed by atoms with van der Waals surface area (Å²) in [6.45, 7) is 2.93. The summed E-state index contributed by atoms with van der Waals surface area (Å²) in [6.07, 6.45) is 5.54. The molecule has 2 heterocycles. The Bertz CT molecular complexity index is 690. The van der Waals surface area contributed by atoms with Gasteiger partial charge in [0.05, 0.1) is 5.69 Å². The fourth-order valence-electron chi connectivity index (χ4n) is 2.56. The molecule has 3 nitrogen and oxygen atoms in total. The Hall–Kier alpha value is -1.72. The molecule has 3 aromatic rings. The molecule has 0 saturated heterocycles. The molecule has 0 fully saturated rings. The van der Waals surface area contributed by atoms with Crippen molar-refractivity contribution in [3.63, 3.8) is 0 Å². The maximum atomic E-state index is 13.8. The molecule has 0 aliphatic heterocycles. The maximum Gasteiger partial charge on any atom is 0.193 e. The number of halogens is 1. The largest absolute Gasteiger partial charge is 0.314 e. The normalized spacial score (nSPS) is 12.9. The van der Waals surface area contributed by atoms with Crippen molar-refractivity contribution in [2.24, 2.45) is 0 Å². The van der Waals surface area contributed by atoms with Crippen LogP contribution >= 0.6 is 11.3 Å². The number of benzene rings is 1. The molecule has 1 aromatic carbocycles. The van der Waals surface area contributed by atoms with Gasteiger partial charge in [-0.25, -0.2) is 9.37 Å². The van der Waals surface area contributed by atoms with Crippen LogP contribution in [0.1, 0.15) is 18.2 Å². The Morgan fingerprint density at radius 3 is 2.95 bits per heavy atom. The molecule has 1 N–H and O–H groups in total. The molecular formula is C16H18FN3S. The lowest BCUT2D eigenvalue weighted by molar-refractivity contribution is 0.502. The number of aromatic nitrogens is 2. The lowest BCUT2D eigenvalue weighted by Gasteiger charge is -2.17. The van der Waals surface area contributed by atoms with Crippen molar-refractivity contribution in [2.45, 2.75) is 25.8 Å². The van der Waals surface area contributed by atoms with E-state index in [9.17, 15) is 4.39 Å². The van der Waals surface area contributed by atoms with Crippen LogP contribution in [0.5, 0.6) is 0 Å². The minimum Gasteiger partial charge on any atom is -0.314 e. The fraction of sp³-hybridized carbons (Fsp3) is 0.312. The highest BCUT2D eigenvalue weighted by molar-refractivity contribution is 7.15. The molecule has 0 aliphatic rings. The smallest absolute Gasteiger partial charge is 0.193 e. The average molecular weight is 303 g/mol. The van der Waals surface area contributed by atoms with Gasteiger partial charge in [-0.1, -0.05) is 25.1 Å². The number of imidazole rings is 1. The van der Waals surface area contributed by atoms with Crippen LogP contribution in [0.4, 0.5) is 4.39 Å². The Morgan fingerprint density at radius 1 is 1.33 bits per heavy atom. The molecule has 0 bridgehead atoms. The molecule has 0 spiro atoms. The first kappa shape index (κ1) is 14.2. The zero-order chi connectivity index (χ0) is 14.7. The van der Waals surface area contributed by atoms with Crippen LogP contribution in [0.2, 0.25) is 0 Å². The zero-order valence-corrected chi connectivity index (χ0v) is 12.7. The van der Waals surface area contributed by atoms with Crippen molar-refractivity contribution in [3.8, 4) is 0 Å². The predicted molar refractivity (Wildman–Crippen MR) is 84.3 cm³/mol. The number of nitrogens with zero attached hydrogens (tertiary/aromatic N) is 2. The van der Waals surface area contributed by atoms with Gasteiger partial charge in [0.15, 0.2) is 4.96 Å². The number of likely N-dealkylation sites (N-methyl/N-ethyl adjacent to an activating group) is 1. The number of thiazole rings is 1. The minimum atomic E-state index is -0.133. The van der Waals surface area contributed by atoms with Crippen LogP contribution in [0.3, 0.4) is 0 Å². The first-order valence-corrected chi connectivity index (χ1v) is 8.02. The predicted octanol–water partition coefficient (Wildman–Crippen LogP) is 3.30. The topological polar surface area (TPSA) is 29.3 Å². The SMILES string of the molecule is CCNC(Cc1cn2ccsc2n1)Cc1ccccc1F. The van der Waals surface area contributed by atoms with Crippen LogP contribution in [-0.2, 0) is 12.8 Å². The number of hydrogen-bond acceptors (Lipinski definition) is 3. The van der Waals surface area contributed by atoms with E-state index in [0.29, 0.717) is 6.42 Å². The third-order valence-electron chi connectivity index (χ3n) is 3.52. The van der Waals surface area contributed by atoms with Gasteiger partial charge in [-0.2, -0.15) is 0 Å². The van der Waals surface area contributed by atoms with E-state index >= 15 is 0 Å². The quantitative estimate of drug-likeness (QED) is 0.757. The summed E-state index contributed by atoms with van der Waals surface area (Å²) in [4.78, 5) is 5.61. The van der Waals surface area contributed by atoms with Crippen molar-refractivity contribution < 1.29 is 4.39 Å². The second kappa shape index (κ2) is 6.37. The van der Waals surface area contributed by atoms with Crippen molar-refractivity contribution in [1.82, 2.24) is 14.7 Å². The van der Waals surface area contributed by atoms with E-state index in [4.69, 9.17) is 0 Å². The Kier molecular flexibility index (Phi) is 4.31. The minimum absolute atomic E-state index is 0.133. The molecule has 3 rings (SSSR count). The molecular weight excluding hydrogens is 285 g/mol. The number of rotatable bonds is 6. The molecule has 0 aliphatic carbocycles. The molecule has 0 amide bonds. The molecule has 0 radical (unpaired) electrons. The van der Waals surface area contributed by atoms with Crippen molar-refractivity contribution >= 4 is 16.3 Å². The standard InChI is InChI=1S/C16H18FN3S/c1-2-18-13(9-12-5-3-4-6-15(12)17)10-14-11-20-7-8-21-16(20)19-14/h3-8,11,13,18H,2,9-10H2,1H3. The Labute approximate surface area is 127 Å². The lowest BCUT2D eigenvalue weighted by atomic mass is 10.0. The van der Waals surface area contributed by atoms with E-state index in [1.807, 2.05) is 28.1 Å². The molecule has 2 aromatic heterocycles. The van der Waals surface area contributed by atoms with Crippen LogP contribution < -0.4 is 5.32 Å². The molecule has 1 unspecified atom stereocenters. The van der Waals surface area contributed by atoms with Gasteiger partial charge >= 0.3 is 0 Å². The van der Waals surface area contributed by atoms with Gasteiger partial charge in [-0.15, -0.1) is 11.3 Å². The number of fused-ring (bicyclic) bond motifs is 1. The van der Waals surface area contributed by atoms with Crippen molar-refractivity contribution in [3.05, 3.63) is 59.1 Å². The first-order valence-electron chi connectivity index (χ1n) is 7.14. The zero-order valence-electron chi connectivity index (χ0n) is 11.9. The van der Waals surface area contributed by atoms with E-state index in [1.165, 1.54) is 6.07 Å². The third-order valence-corrected chi connectivity index (χ3v) is 4.29. The highest BCUT2D eigenvalue weighted by atomic mass is 32.1. The number of hydrogen-bond donors (Lipinski definition) is 1. The summed E-state index contributed by atoms with van der Waals surface area (Å²) in [7, 11) is 0. The highest BCUT2D eigenvalue weighted by Gasteiger charge is 2.14. The monoisotopic (exact) mass is 303 g/mol. The van der Waals surface area contributed by atoms with Gasteiger partial charge in [0.25, 0.3) is 0 Å². The lowest BCUT2D eigenvalue weighted by Crippen LogP contribution is -2.33. The van der Waals surface area contributed by atoms with Gasteiger partial charge in [0.2, 0.25) is 0 Å².